The number of hydrogen-bond acceptors (Lipinski definition) is 4. The zero-order valence-corrected chi connectivity index (χ0v) is 17.8. The van der Waals surface area contributed by atoms with E-state index in [1.165, 1.54) is 0 Å². The molecule has 0 aliphatic carbocycles. The molecule has 140 valence electrons. The number of carbonyl (C=O) groups excluding carboxylic acids is 1. The highest BCUT2D eigenvalue weighted by molar-refractivity contribution is 6.74. The number of nitrogens with zero attached hydrogens (tertiary/aromatic N) is 1. The molecule has 0 saturated carbocycles. The highest BCUT2D eigenvalue weighted by Crippen LogP contribution is 2.37. The molecule has 1 aliphatic heterocycles. The molecule has 0 aromatic heterocycles. The quantitative estimate of drug-likeness (QED) is 0.614. The van der Waals surface area contributed by atoms with Crippen LogP contribution in [0.25, 0.3) is 0 Å². The first-order valence-electron chi connectivity index (χ1n) is 8.64. The van der Waals surface area contributed by atoms with Crippen LogP contribution in [-0.4, -0.2) is 55.3 Å². The number of hydrogen-bond donors (Lipinski definition) is 1. The predicted octanol–water partition coefficient (Wildman–Crippen LogP) is 3.93. The summed E-state index contributed by atoms with van der Waals surface area (Å²) in [5.41, 5.74) is 0.307. The van der Waals surface area contributed by atoms with Crippen LogP contribution in [0, 0.1) is 0 Å². The Morgan fingerprint density at radius 2 is 1.83 bits per heavy atom. The van der Waals surface area contributed by atoms with Gasteiger partial charge in [-0.05, 0) is 51.4 Å². The van der Waals surface area contributed by atoms with E-state index in [-0.39, 0.29) is 17.6 Å². The minimum absolute atomic E-state index is 0.108. The van der Waals surface area contributed by atoms with E-state index in [2.05, 4.69) is 33.9 Å². The molecular weight excluding hydrogens is 322 g/mol. The molecule has 0 aromatic rings. The van der Waals surface area contributed by atoms with Gasteiger partial charge in [0.05, 0.1) is 25.3 Å². The van der Waals surface area contributed by atoms with Crippen LogP contribution in [0.1, 0.15) is 48.5 Å². The van der Waals surface area contributed by atoms with E-state index < -0.39 is 26.1 Å². The summed E-state index contributed by atoms with van der Waals surface area (Å²) in [6, 6.07) is -0.211. The molecule has 0 fully saturated rings. The molecule has 1 heterocycles. The molecule has 0 aromatic carbocycles. The second-order valence-electron chi connectivity index (χ2n) is 9.20. The van der Waals surface area contributed by atoms with Crippen LogP contribution in [0.3, 0.4) is 0 Å². The van der Waals surface area contributed by atoms with Gasteiger partial charge < -0.3 is 14.3 Å². The summed E-state index contributed by atoms with van der Waals surface area (Å²) in [7, 11) is -1.91. The van der Waals surface area contributed by atoms with Gasteiger partial charge in [0.15, 0.2) is 8.32 Å². The molecule has 2 atom stereocenters. The Kier molecular flexibility index (Phi) is 6.34. The van der Waals surface area contributed by atoms with Crippen LogP contribution in [0.2, 0.25) is 18.1 Å². The smallest absolute Gasteiger partial charge is 0.410 e. The molecule has 1 rings (SSSR count). The topological polar surface area (TPSA) is 59.0 Å². The highest BCUT2D eigenvalue weighted by Gasteiger charge is 2.39. The van der Waals surface area contributed by atoms with Crippen molar-refractivity contribution in [2.75, 3.05) is 13.2 Å². The highest BCUT2D eigenvalue weighted by atomic mass is 28.4. The van der Waals surface area contributed by atoms with Gasteiger partial charge in [-0.1, -0.05) is 26.8 Å². The SMILES string of the molecule is CC1=C[C@@H](CO[Si](C)(C)C(C)(C)C)N(C(=O)OC(C)(C)C)C[C@H]1O. The van der Waals surface area contributed by atoms with Crippen molar-refractivity contribution in [3.05, 3.63) is 11.6 Å². The number of rotatable bonds is 3. The fourth-order valence-corrected chi connectivity index (χ4v) is 3.17. The van der Waals surface area contributed by atoms with Crippen molar-refractivity contribution in [2.24, 2.45) is 0 Å². The Morgan fingerprint density at radius 1 is 1.29 bits per heavy atom. The normalized spacial score (nSPS) is 23.1. The van der Waals surface area contributed by atoms with E-state index in [1.807, 2.05) is 33.8 Å². The van der Waals surface area contributed by atoms with Gasteiger partial charge in [0.1, 0.15) is 5.60 Å². The first-order chi connectivity index (χ1) is 10.6. The Labute approximate surface area is 148 Å². The average Bonchev–Trinajstić information content (AvgIpc) is 2.36. The molecule has 6 heteroatoms. The maximum absolute atomic E-state index is 12.5. The van der Waals surface area contributed by atoms with Gasteiger partial charge in [0.2, 0.25) is 0 Å². The lowest BCUT2D eigenvalue weighted by Gasteiger charge is -2.41. The van der Waals surface area contributed by atoms with E-state index in [0.29, 0.717) is 6.61 Å². The van der Waals surface area contributed by atoms with Gasteiger partial charge in [-0.2, -0.15) is 0 Å². The predicted molar refractivity (Wildman–Crippen MR) is 99.6 cm³/mol. The zero-order chi connectivity index (χ0) is 18.9. The number of aliphatic hydroxyl groups is 1. The summed E-state index contributed by atoms with van der Waals surface area (Å²) in [5.74, 6) is 0. The van der Waals surface area contributed by atoms with Crippen LogP contribution >= 0.6 is 0 Å². The Balaban J connectivity index is 2.92. The minimum Gasteiger partial charge on any atom is -0.444 e. The van der Waals surface area contributed by atoms with Crippen LogP contribution in [-0.2, 0) is 9.16 Å². The molecule has 0 saturated heterocycles. The van der Waals surface area contributed by atoms with Crippen molar-refractivity contribution < 1.29 is 19.1 Å². The van der Waals surface area contributed by atoms with Crippen LogP contribution in [0.5, 0.6) is 0 Å². The molecule has 0 radical (unpaired) electrons. The molecule has 1 amide bonds. The lowest BCUT2D eigenvalue weighted by molar-refractivity contribution is 0.00283. The van der Waals surface area contributed by atoms with Gasteiger partial charge in [0.25, 0.3) is 0 Å². The monoisotopic (exact) mass is 357 g/mol. The maximum atomic E-state index is 12.5. The van der Waals surface area contributed by atoms with Crippen LogP contribution in [0.4, 0.5) is 4.79 Å². The molecule has 0 bridgehead atoms. The molecule has 1 aliphatic rings. The minimum atomic E-state index is -1.91. The van der Waals surface area contributed by atoms with Crippen molar-refractivity contribution in [1.82, 2.24) is 4.90 Å². The van der Waals surface area contributed by atoms with E-state index in [0.717, 1.165) is 5.57 Å². The van der Waals surface area contributed by atoms with Crippen molar-refractivity contribution in [3.8, 4) is 0 Å². The van der Waals surface area contributed by atoms with Gasteiger partial charge in [-0.25, -0.2) is 4.79 Å². The Hall–Kier alpha value is -0.853. The average molecular weight is 358 g/mol. The summed E-state index contributed by atoms with van der Waals surface area (Å²) in [6.07, 6.45) is 0.862. The molecular formula is C18H35NO4Si. The van der Waals surface area contributed by atoms with Crippen LogP contribution in [0.15, 0.2) is 11.6 Å². The summed E-state index contributed by atoms with van der Waals surface area (Å²) >= 11 is 0. The number of β-amino-alcohol motifs (C(OH)–C–C–N with tert-alkyl or cyclic N) is 1. The Morgan fingerprint density at radius 3 is 2.29 bits per heavy atom. The number of carbonyl (C=O) groups is 1. The first kappa shape index (κ1) is 21.2. The zero-order valence-electron chi connectivity index (χ0n) is 16.8. The standard InChI is InChI=1S/C18H35NO4Si/c1-13-10-14(12-22-24(8,9)18(5,6)7)19(11-15(13)20)16(21)23-17(2,3)4/h10,14-15,20H,11-12H2,1-9H3/t14-,15+/m0/s1. The van der Waals surface area contributed by atoms with E-state index >= 15 is 0 Å². The number of amides is 1. The third-order valence-electron chi connectivity index (χ3n) is 4.80. The van der Waals surface area contributed by atoms with Crippen molar-refractivity contribution in [1.29, 1.82) is 0 Å². The number of aliphatic hydroxyl groups excluding tert-OH is 1. The Bertz CT molecular complexity index is 488. The molecule has 1 N–H and O–H groups in total. The van der Waals surface area contributed by atoms with E-state index in [9.17, 15) is 9.90 Å². The van der Waals surface area contributed by atoms with E-state index in [1.54, 1.807) is 4.90 Å². The fourth-order valence-electron chi connectivity index (χ4n) is 2.15. The lowest BCUT2D eigenvalue weighted by atomic mass is 10.0. The van der Waals surface area contributed by atoms with Crippen LogP contribution < -0.4 is 0 Å². The number of ether oxygens (including phenoxy) is 1. The summed E-state index contributed by atoms with van der Waals surface area (Å²) < 4.78 is 11.8. The molecule has 5 nitrogen and oxygen atoms in total. The second kappa shape index (κ2) is 7.18. The molecule has 0 unspecified atom stereocenters. The van der Waals surface area contributed by atoms with Crippen molar-refractivity contribution in [2.45, 2.75) is 84.3 Å². The van der Waals surface area contributed by atoms with Gasteiger partial charge >= 0.3 is 6.09 Å². The second-order valence-corrected chi connectivity index (χ2v) is 14.0. The van der Waals surface area contributed by atoms with Gasteiger partial charge in [0, 0.05) is 0 Å². The van der Waals surface area contributed by atoms with Crippen molar-refractivity contribution in [3.63, 3.8) is 0 Å². The fraction of sp³-hybridized carbons (Fsp3) is 0.833. The summed E-state index contributed by atoms with van der Waals surface area (Å²) in [4.78, 5) is 14.1. The largest absolute Gasteiger partial charge is 0.444 e. The van der Waals surface area contributed by atoms with Gasteiger partial charge in [-0.3, -0.25) is 4.90 Å². The maximum Gasteiger partial charge on any atom is 0.410 e. The summed E-state index contributed by atoms with van der Waals surface area (Å²) in [6.45, 7) is 19.0. The third kappa shape index (κ3) is 5.60. The third-order valence-corrected chi connectivity index (χ3v) is 9.30. The molecule has 24 heavy (non-hydrogen) atoms. The molecule has 0 spiro atoms. The van der Waals surface area contributed by atoms with Crippen molar-refractivity contribution >= 4 is 14.4 Å². The first-order valence-corrected chi connectivity index (χ1v) is 11.5. The summed E-state index contributed by atoms with van der Waals surface area (Å²) in [5, 5.41) is 10.2. The van der Waals surface area contributed by atoms with E-state index in [4.69, 9.17) is 9.16 Å². The lowest BCUT2D eigenvalue weighted by Crippen LogP contribution is -2.53. The van der Waals surface area contributed by atoms with Gasteiger partial charge in [-0.15, -0.1) is 0 Å².